The van der Waals surface area contributed by atoms with Crippen LogP contribution in [0.2, 0.25) is 0 Å². The van der Waals surface area contributed by atoms with Gasteiger partial charge in [-0.25, -0.2) is 0 Å². The number of carbonyl (C=O) groups excluding carboxylic acids is 2. The molecule has 132 valence electrons. The lowest BCUT2D eigenvalue weighted by Crippen LogP contribution is -2.39. The molecule has 0 atom stereocenters. The van der Waals surface area contributed by atoms with Gasteiger partial charge in [0.1, 0.15) is 0 Å². The molecule has 0 radical (unpaired) electrons. The van der Waals surface area contributed by atoms with Crippen molar-refractivity contribution in [1.29, 1.82) is 0 Å². The predicted molar refractivity (Wildman–Crippen MR) is 91.2 cm³/mol. The molecule has 1 aromatic rings. The number of carbonyl (C=O) groups is 2. The van der Waals surface area contributed by atoms with Gasteiger partial charge in [-0.3, -0.25) is 9.59 Å². The Morgan fingerprint density at radius 3 is 2.46 bits per heavy atom. The van der Waals surface area contributed by atoms with Gasteiger partial charge < -0.3 is 19.7 Å². The van der Waals surface area contributed by atoms with Crippen LogP contribution in [0.4, 0.5) is 0 Å². The van der Waals surface area contributed by atoms with Gasteiger partial charge in [0.05, 0.1) is 14.2 Å². The van der Waals surface area contributed by atoms with E-state index in [0.717, 1.165) is 24.8 Å². The van der Waals surface area contributed by atoms with Gasteiger partial charge in [0.2, 0.25) is 11.8 Å². The molecule has 1 aromatic carbocycles. The summed E-state index contributed by atoms with van der Waals surface area (Å²) in [6.07, 6.45) is 2.69. The summed E-state index contributed by atoms with van der Waals surface area (Å²) in [5, 5.41) is 2.89. The Morgan fingerprint density at radius 2 is 1.88 bits per heavy atom. The summed E-state index contributed by atoms with van der Waals surface area (Å²) < 4.78 is 10.5. The summed E-state index contributed by atoms with van der Waals surface area (Å²) in [5.74, 6) is 1.69. The lowest BCUT2D eigenvalue weighted by molar-refractivity contribution is -0.129. The minimum Gasteiger partial charge on any atom is -0.493 e. The maximum Gasteiger partial charge on any atom is 0.223 e. The number of hydrogen-bond acceptors (Lipinski definition) is 4. The van der Waals surface area contributed by atoms with Crippen molar-refractivity contribution in [2.45, 2.75) is 26.2 Å². The van der Waals surface area contributed by atoms with E-state index in [0.29, 0.717) is 31.1 Å². The Bertz CT molecular complexity index is 584. The number of methoxy groups -OCH3 is 2. The molecular formula is C18H26N2O4. The van der Waals surface area contributed by atoms with Crippen molar-refractivity contribution >= 4 is 11.8 Å². The van der Waals surface area contributed by atoms with Crippen LogP contribution in [0.5, 0.6) is 11.5 Å². The molecule has 0 saturated heterocycles. The fourth-order valence-corrected chi connectivity index (χ4v) is 2.53. The number of ether oxygens (including phenoxy) is 2. The van der Waals surface area contributed by atoms with Crippen molar-refractivity contribution in [1.82, 2.24) is 10.2 Å². The topological polar surface area (TPSA) is 67.9 Å². The van der Waals surface area contributed by atoms with Crippen molar-refractivity contribution in [2.24, 2.45) is 5.92 Å². The monoisotopic (exact) mass is 334 g/mol. The molecule has 1 fully saturated rings. The van der Waals surface area contributed by atoms with E-state index >= 15 is 0 Å². The second-order valence-corrected chi connectivity index (χ2v) is 6.01. The third-order valence-corrected chi connectivity index (χ3v) is 4.19. The highest BCUT2D eigenvalue weighted by molar-refractivity contribution is 5.80. The average molecular weight is 334 g/mol. The first-order valence-corrected chi connectivity index (χ1v) is 8.29. The van der Waals surface area contributed by atoms with E-state index in [2.05, 4.69) is 5.32 Å². The smallest absolute Gasteiger partial charge is 0.223 e. The molecule has 2 rings (SSSR count). The van der Waals surface area contributed by atoms with Gasteiger partial charge in [0, 0.05) is 32.5 Å². The first-order chi connectivity index (χ1) is 11.5. The number of nitrogens with one attached hydrogen (secondary N) is 1. The van der Waals surface area contributed by atoms with Crippen LogP contribution in [0.3, 0.4) is 0 Å². The molecule has 0 heterocycles. The molecule has 6 nitrogen and oxygen atoms in total. The minimum atomic E-state index is 0.0103. The molecule has 0 unspecified atom stereocenters. The number of benzene rings is 1. The molecule has 0 bridgehead atoms. The van der Waals surface area contributed by atoms with Gasteiger partial charge in [-0.05, 0) is 37.0 Å². The van der Waals surface area contributed by atoms with Crippen LogP contribution in [0.1, 0.15) is 25.3 Å². The molecule has 2 amide bonds. The van der Waals surface area contributed by atoms with E-state index in [4.69, 9.17) is 9.47 Å². The van der Waals surface area contributed by atoms with E-state index in [1.54, 1.807) is 26.0 Å². The summed E-state index contributed by atoms with van der Waals surface area (Å²) in [6.45, 7) is 3.18. The Hall–Kier alpha value is -2.24. The second kappa shape index (κ2) is 8.57. The number of nitrogens with zero attached hydrogens (tertiary/aromatic N) is 1. The van der Waals surface area contributed by atoms with Crippen molar-refractivity contribution in [3.05, 3.63) is 23.8 Å². The summed E-state index contributed by atoms with van der Waals surface area (Å²) >= 11 is 0. The van der Waals surface area contributed by atoms with E-state index in [1.807, 2.05) is 18.2 Å². The highest BCUT2D eigenvalue weighted by Gasteiger charge is 2.29. The fourth-order valence-electron chi connectivity index (χ4n) is 2.53. The first kappa shape index (κ1) is 18.1. The van der Waals surface area contributed by atoms with Crippen LogP contribution in [0.25, 0.3) is 0 Å². The summed E-state index contributed by atoms with van der Waals surface area (Å²) in [4.78, 5) is 25.2. The SMILES string of the molecule is COc1ccc(CCN(CCNC(=O)C2CC2)C(C)=O)cc1OC. The molecule has 1 saturated carbocycles. The van der Waals surface area contributed by atoms with E-state index in [9.17, 15) is 9.59 Å². The predicted octanol–water partition coefficient (Wildman–Crippen LogP) is 1.62. The van der Waals surface area contributed by atoms with E-state index in [-0.39, 0.29) is 17.7 Å². The Morgan fingerprint density at radius 1 is 1.17 bits per heavy atom. The Balaban J connectivity index is 1.84. The molecule has 0 aromatic heterocycles. The van der Waals surface area contributed by atoms with E-state index in [1.165, 1.54) is 0 Å². The minimum absolute atomic E-state index is 0.0103. The van der Waals surface area contributed by atoms with Crippen molar-refractivity contribution < 1.29 is 19.1 Å². The van der Waals surface area contributed by atoms with Gasteiger partial charge in [0.15, 0.2) is 11.5 Å². The van der Waals surface area contributed by atoms with Gasteiger partial charge in [0.25, 0.3) is 0 Å². The standard InChI is InChI=1S/C18H26N2O4/c1-13(21)20(11-9-19-18(22)15-5-6-15)10-8-14-4-7-16(23-2)17(12-14)24-3/h4,7,12,15H,5-6,8-11H2,1-3H3,(H,19,22). The lowest BCUT2D eigenvalue weighted by atomic mass is 10.1. The zero-order valence-corrected chi connectivity index (χ0v) is 14.6. The van der Waals surface area contributed by atoms with Crippen LogP contribution in [-0.2, 0) is 16.0 Å². The van der Waals surface area contributed by atoms with Gasteiger partial charge in [-0.2, -0.15) is 0 Å². The quantitative estimate of drug-likeness (QED) is 0.745. The fraction of sp³-hybridized carbons (Fsp3) is 0.556. The highest BCUT2D eigenvalue weighted by Crippen LogP contribution is 2.29. The number of amides is 2. The van der Waals surface area contributed by atoms with Crippen molar-refractivity contribution in [3.8, 4) is 11.5 Å². The Kier molecular flexibility index (Phi) is 6.46. The average Bonchev–Trinajstić information content (AvgIpc) is 3.42. The third-order valence-electron chi connectivity index (χ3n) is 4.19. The molecule has 1 N–H and O–H groups in total. The first-order valence-electron chi connectivity index (χ1n) is 8.29. The normalized spacial score (nSPS) is 13.3. The van der Waals surface area contributed by atoms with Crippen LogP contribution < -0.4 is 14.8 Å². The molecule has 1 aliphatic rings. The van der Waals surface area contributed by atoms with Crippen LogP contribution in [-0.4, -0.2) is 50.6 Å². The molecule has 1 aliphatic carbocycles. The van der Waals surface area contributed by atoms with Crippen LogP contribution in [0.15, 0.2) is 18.2 Å². The zero-order valence-electron chi connectivity index (χ0n) is 14.6. The third kappa shape index (κ3) is 5.15. The van der Waals surface area contributed by atoms with Crippen molar-refractivity contribution in [3.63, 3.8) is 0 Å². The van der Waals surface area contributed by atoms with Crippen LogP contribution in [0, 0.1) is 5.92 Å². The lowest BCUT2D eigenvalue weighted by Gasteiger charge is -2.21. The summed E-state index contributed by atoms with van der Waals surface area (Å²) in [5.41, 5.74) is 1.07. The summed E-state index contributed by atoms with van der Waals surface area (Å²) in [7, 11) is 3.21. The maximum atomic E-state index is 11.8. The largest absolute Gasteiger partial charge is 0.493 e. The van der Waals surface area contributed by atoms with Gasteiger partial charge in [-0.1, -0.05) is 6.07 Å². The van der Waals surface area contributed by atoms with Gasteiger partial charge >= 0.3 is 0 Å². The molecule has 6 heteroatoms. The van der Waals surface area contributed by atoms with Crippen molar-refractivity contribution in [2.75, 3.05) is 33.9 Å². The molecule has 0 aliphatic heterocycles. The second-order valence-electron chi connectivity index (χ2n) is 6.01. The molecule has 0 spiro atoms. The number of rotatable bonds is 9. The summed E-state index contributed by atoms with van der Waals surface area (Å²) in [6, 6.07) is 5.75. The van der Waals surface area contributed by atoms with E-state index < -0.39 is 0 Å². The maximum absolute atomic E-state index is 11.8. The van der Waals surface area contributed by atoms with Crippen LogP contribution >= 0.6 is 0 Å². The highest BCUT2D eigenvalue weighted by atomic mass is 16.5. The molecular weight excluding hydrogens is 308 g/mol. The Labute approximate surface area is 143 Å². The number of hydrogen-bond donors (Lipinski definition) is 1. The molecule has 24 heavy (non-hydrogen) atoms. The zero-order chi connectivity index (χ0) is 17.5. The van der Waals surface area contributed by atoms with Gasteiger partial charge in [-0.15, -0.1) is 0 Å².